The van der Waals surface area contributed by atoms with Crippen molar-refractivity contribution in [3.8, 4) is 5.69 Å². The average molecular weight is 487 g/mol. The van der Waals surface area contributed by atoms with Crippen molar-refractivity contribution in [2.75, 3.05) is 10.8 Å². The van der Waals surface area contributed by atoms with E-state index in [1.807, 2.05) is 50.2 Å². The molecule has 0 spiro atoms. The van der Waals surface area contributed by atoms with Crippen LogP contribution in [0.3, 0.4) is 0 Å². The molecule has 0 atom stereocenters. The van der Waals surface area contributed by atoms with Gasteiger partial charge in [0.2, 0.25) is 0 Å². The summed E-state index contributed by atoms with van der Waals surface area (Å²) in [6.07, 6.45) is 1.57. The normalized spacial score (nSPS) is 11.5. The molecule has 4 rings (SSSR count). The van der Waals surface area contributed by atoms with Crippen molar-refractivity contribution in [3.05, 3.63) is 114 Å². The van der Waals surface area contributed by atoms with Gasteiger partial charge in [0, 0.05) is 22.6 Å². The van der Waals surface area contributed by atoms with Crippen molar-refractivity contribution in [3.63, 3.8) is 0 Å². The van der Waals surface area contributed by atoms with E-state index in [-0.39, 0.29) is 4.90 Å². The molecule has 4 aromatic rings. The first-order valence-electron chi connectivity index (χ1n) is 11.1. The van der Waals surface area contributed by atoms with Crippen LogP contribution < -0.4 is 9.73 Å². The number of hydrogen-bond acceptors (Lipinski definition) is 4. The standard InChI is InChI=1S/C27H26N4O3S/c1-21-18-23(22(2)31(21)25-14-8-4-9-15-25)19-28-29-27(32)20-30(24-12-6-3-7-13-24)35(33,34)26-16-10-5-11-17-26/h3-19H,20H2,1-2H3,(H,29,32)/b28-19+. The second kappa shape index (κ2) is 10.4. The van der Waals surface area contributed by atoms with E-state index in [1.165, 1.54) is 12.1 Å². The number of hydrazone groups is 1. The van der Waals surface area contributed by atoms with Gasteiger partial charge in [-0.2, -0.15) is 5.10 Å². The number of para-hydroxylation sites is 2. The SMILES string of the molecule is Cc1cc(/C=N/NC(=O)CN(c2ccccc2)S(=O)(=O)c2ccccc2)c(C)n1-c1ccccc1. The first kappa shape index (κ1) is 24.0. The molecule has 1 aromatic heterocycles. The summed E-state index contributed by atoms with van der Waals surface area (Å²) in [7, 11) is -3.95. The van der Waals surface area contributed by atoms with Gasteiger partial charge in [0.25, 0.3) is 15.9 Å². The third-order valence-corrected chi connectivity index (χ3v) is 7.33. The lowest BCUT2D eigenvalue weighted by Crippen LogP contribution is -2.39. The number of benzene rings is 3. The van der Waals surface area contributed by atoms with E-state index in [4.69, 9.17) is 0 Å². The molecule has 3 aromatic carbocycles. The number of amides is 1. The molecule has 0 saturated carbocycles. The van der Waals surface area contributed by atoms with Gasteiger partial charge in [-0.25, -0.2) is 13.8 Å². The molecule has 1 amide bonds. The molecule has 0 fully saturated rings. The Hall–Kier alpha value is -4.17. The number of aryl methyl sites for hydroxylation is 1. The van der Waals surface area contributed by atoms with Gasteiger partial charge >= 0.3 is 0 Å². The van der Waals surface area contributed by atoms with Gasteiger partial charge in [0.1, 0.15) is 6.54 Å². The van der Waals surface area contributed by atoms with Crippen molar-refractivity contribution in [1.82, 2.24) is 9.99 Å². The van der Waals surface area contributed by atoms with Crippen LogP contribution in [0.25, 0.3) is 5.69 Å². The van der Waals surface area contributed by atoms with E-state index in [2.05, 4.69) is 15.1 Å². The minimum absolute atomic E-state index is 0.105. The van der Waals surface area contributed by atoms with Gasteiger partial charge < -0.3 is 4.57 Å². The maximum atomic E-state index is 13.3. The van der Waals surface area contributed by atoms with E-state index in [0.717, 1.165) is 26.9 Å². The first-order chi connectivity index (χ1) is 16.9. The third kappa shape index (κ3) is 5.33. The maximum absolute atomic E-state index is 13.3. The number of sulfonamides is 1. The van der Waals surface area contributed by atoms with Crippen LogP contribution in [0, 0.1) is 13.8 Å². The highest BCUT2D eigenvalue weighted by atomic mass is 32.2. The summed E-state index contributed by atoms with van der Waals surface area (Å²) < 4.78 is 29.8. The number of anilines is 1. The molecule has 35 heavy (non-hydrogen) atoms. The highest BCUT2D eigenvalue weighted by Gasteiger charge is 2.26. The quantitative estimate of drug-likeness (QED) is 0.295. The Kier molecular flexibility index (Phi) is 7.12. The smallest absolute Gasteiger partial charge is 0.264 e. The second-order valence-electron chi connectivity index (χ2n) is 7.95. The summed E-state index contributed by atoms with van der Waals surface area (Å²) in [5, 5.41) is 4.09. The Balaban J connectivity index is 1.52. The number of aromatic nitrogens is 1. The van der Waals surface area contributed by atoms with E-state index in [1.54, 1.807) is 54.7 Å². The number of rotatable bonds is 8. The fourth-order valence-corrected chi connectivity index (χ4v) is 5.30. The Morgan fingerprint density at radius 2 is 1.49 bits per heavy atom. The lowest BCUT2D eigenvalue weighted by atomic mass is 10.2. The molecule has 0 saturated heterocycles. The van der Waals surface area contributed by atoms with Crippen LogP contribution in [0.4, 0.5) is 5.69 Å². The van der Waals surface area contributed by atoms with Gasteiger partial charge in [-0.3, -0.25) is 9.10 Å². The van der Waals surface area contributed by atoms with Crippen molar-refractivity contribution in [2.24, 2.45) is 5.10 Å². The fourth-order valence-electron chi connectivity index (χ4n) is 3.86. The molecule has 0 aliphatic carbocycles. The average Bonchev–Trinajstić information content (AvgIpc) is 3.16. The maximum Gasteiger partial charge on any atom is 0.264 e. The Morgan fingerprint density at radius 3 is 2.11 bits per heavy atom. The van der Waals surface area contributed by atoms with Gasteiger partial charge in [0.05, 0.1) is 16.8 Å². The van der Waals surface area contributed by atoms with Crippen LogP contribution in [-0.4, -0.2) is 31.7 Å². The van der Waals surface area contributed by atoms with E-state index < -0.39 is 22.5 Å². The van der Waals surface area contributed by atoms with Crippen molar-refractivity contribution in [2.45, 2.75) is 18.7 Å². The number of carbonyl (C=O) groups excluding carboxylic acids is 1. The van der Waals surface area contributed by atoms with Gasteiger partial charge in [-0.1, -0.05) is 54.6 Å². The molecular weight excluding hydrogens is 460 g/mol. The number of nitrogens with zero attached hydrogens (tertiary/aromatic N) is 3. The lowest BCUT2D eigenvalue weighted by molar-refractivity contribution is -0.119. The first-order valence-corrected chi connectivity index (χ1v) is 12.5. The molecule has 178 valence electrons. The molecule has 0 bridgehead atoms. The Morgan fingerprint density at radius 1 is 0.914 bits per heavy atom. The van der Waals surface area contributed by atoms with Crippen molar-refractivity contribution >= 4 is 27.8 Å². The zero-order chi connectivity index (χ0) is 24.8. The summed E-state index contributed by atoms with van der Waals surface area (Å²) in [5.74, 6) is -0.554. The molecule has 7 nitrogen and oxygen atoms in total. The lowest BCUT2D eigenvalue weighted by Gasteiger charge is -2.23. The van der Waals surface area contributed by atoms with E-state index in [0.29, 0.717) is 5.69 Å². The molecule has 0 aliphatic rings. The monoisotopic (exact) mass is 486 g/mol. The summed E-state index contributed by atoms with van der Waals surface area (Å²) in [4.78, 5) is 12.8. The zero-order valence-corrected chi connectivity index (χ0v) is 20.3. The summed E-state index contributed by atoms with van der Waals surface area (Å²) in [5.41, 5.74) is 6.75. The van der Waals surface area contributed by atoms with Crippen LogP contribution in [0.2, 0.25) is 0 Å². The third-order valence-electron chi connectivity index (χ3n) is 5.54. The highest BCUT2D eigenvalue weighted by molar-refractivity contribution is 7.92. The molecular formula is C27H26N4O3S. The molecule has 0 aliphatic heterocycles. The Labute approximate surface area is 205 Å². The van der Waals surface area contributed by atoms with E-state index in [9.17, 15) is 13.2 Å². The molecule has 0 radical (unpaired) electrons. The topological polar surface area (TPSA) is 83.8 Å². The van der Waals surface area contributed by atoms with Crippen LogP contribution in [-0.2, 0) is 14.8 Å². The highest BCUT2D eigenvalue weighted by Crippen LogP contribution is 2.23. The van der Waals surface area contributed by atoms with Crippen molar-refractivity contribution < 1.29 is 13.2 Å². The summed E-state index contributed by atoms with van der Waals surface area (Å²) >= 11 is 0. The largest absolute Gasteiger partial charge is 0.318 e. The predicted octanol–water partition coefficient (Wildman–Crippen LogP) is 4.44. The molecule has 1 N–H and O–H groups in total. The zero-order valence-electron chi connectivity index (χ0n) is 19.5. The molecule has 1 heterocycles. The van der Waals surface area contributed by atoms with Crippen LogP contribution in [0.15, 0.2) is 107 Å². The van der Waals surface area contributed by atoms with E-state index >= 15 is 0 Å². The fraction of sp³-hybridized carbons (Fsp3) is 0.111. The van der Waals surface area contributed by atoms with Crippen molar-refractivity contribution in [1.29, 1.82) is 0 Å². The predicted molar refractivity (Wildman–Crippen MR) is 138 cm³/mol. The minimum atomic E-state index is -3.95. The van der Waals surface area contributed by atoms with Crippen LogP contribution >= 0.6 is 0 Å². The Bertz CT molecular complexity index is 1430. The molecule has 0 unspecified atom stereocenters. The van der Waals surface area contributed by atoms with Gasteiger partial charge in [0.15, 0.2) is 0 Å². The second-order valence-corrected chi connectivity index (χ2v) is 9.81. The number of hydrogen-bond donors (Lipinski definition) is 1. The van der Waals surface area contributed by atoms with Gasteiger partial charge in [-0.15, -0.1) is 0 Å². The summed E-state index contributed by atoms with van der Waals surface area (Å²) in [6, 6.07) is 28.5. The van der Waals surface area contributed by atoms with Crippen LogP contribution in [0.1, 0.15) is 17.0 Å². The van der Waals surface area contributed by atoms with Gasteiger partial charge in [-0.05, 0) is 56.3 Å². The van der Waals surface area contributed by atoms with Crippen LogP contribution in [0.5, 0.6) is 0 Å². The number of carbonyl (C=O) groups is 1. The summed E-state index contributed by atoms with van der Waals surface area (Å²) in [6.45, 7) is 3.57. The number of nitrogens with one attached hydrogen (secondary N) is 1. The molecule has 8 heteroatoms. The minimum Gasteiger partial charge on any atom is -0.318 e.